The maximum atomic E-state index is 13.3. The zero-order chi connectivity index (χ0) is 32.8. The van der Waals surface area contributed by atoms with Crippen molar-refractivity contribution in [2.24, 2.45) is 4.99 Å². The van der Waals surface area contributed by atoms with Gasteiger partial charge in [-0.1, -0.05) is 60.7 Å². The van der Waals surface area contributed by atoms with Crippen LogP contribution in [0.5, 0.6) is 11.5 Å². The lowest BCUT2D eigenvalue weighted by Gasteiger charge is -2.20. The molecular formula is C35H30F3N3O5. The van der Waals surface area contributed by atoms with Crippen LogP contribution in [0.4, 0.5) is 18.0 Å². The molecule has 1 atom stereocenters. The van der Waals surface area contributed by atoms with Gasteiger partial charge in [-0.3, -0.25) is 4.79 Å². The normalized spacial score (nSPS) is 16.6. The van der Waals surface area contributed by atoms with Crippen molar-refractivity contribution in [2.75, 3.05) is 14.2 Å². The van der Waals surface area contributed by atoms with Crippen LogP contribution in [0.15, 0.2) is 114 Å². The predicted octanol–water partition coefficient (Wildman–Crippen LogP) is 7.37. The summed E-state index contributed by atoms with van der Waals surface area (Å²) in [5, 5.41) is 10.3. The second-order valence-corrected chi connectivity index (χ2v) is 10.5. The number of likely N-dealkylation sites (N-methyl/N-ethyl adjacent to an activating group) is 1. The summed E-state index contributed by atoms with van der Waals surface area (Å²) in [5.41, 5.74) is 1.50. The average Bonchev–Trinajstić information content (AvgIpc) is 3.30. The molecule has 1 heterocycles. The first kappa shape index (κ1) is 31.8. The van der Waals surface area contributed by atoms with Crippen molar-refractivity contribution in [1.82, 2.24) is 9.80 Å². The predicted molar refractivity (Wildman–Crippen MR) is 167 cm³/mol. The Morgan fingerprint density at radius 1 is 0.891 bits per heavy atom. The summed E-state index contributed by atoms with van der Waals surface area (Å²) in [6, 6.07) is 27.3. The topological polar surface area (TPSA) is 91.7 Å². The lowest BCUT2D eigenvalue weighted by atomic mass is 10.0. The highest BCUT2D eigenvalue weighted by atomic mass is 19.4. The molecule has 0 aromatic heterocycles. The summed E-state index contributed by atoms with van der Waals surface area (Å²) >= 11 is 0. The van der Waals surface area contributed by atoms with Crippen LogP contribution in [0, 0.1) is 0 Å². The number of nitrogens with zero attached hydrogens (tertiary/aromatic N) is 3. The first-order chi connectivity index (χ1) is 22.0. The van der Waals surface area contributed by atoms with E-state index in [0.29, 0.717) is 41.9 Å². The third-order valence-electron chi connectivity index (χ3n) is 7.44. The van der Waals surface area contributed by atoms with Gasteiger partial charge in [-0.05, 0) is 71.7 Å². The van der Waals surface area contributed by atoms with Gasteiger partial charge in [-0.15, -0.1) is 0 Å². The molecule has 0 aliphatic carbocycles. The van der Waals surface area contributed by atoms with E-state index in [1.807, 2.05) is 54.6 Å². The molecule has 0 saturated carbocycles. The van der Waals surface area contributed by atoms with Gasteiger partial charge < -0.3 is 19.5 Å². The summed E-state index contributed by atoms with van der Waals surface area (Å²) in [6.07, 6.45) is -4.09. The second kappa shape index (κ2) is 13.6. The highest BCUT2D eigenvalue weighted by Crippen LogP contribution is 2.33. The van der Waals surface area contributed by atoms with E-state index in [0.717, 1.165) is 28.2 Å². The molecule has 1 aliphatic heterocycles. The van der Waals surface area contributed by atoms with Crippen molar-refractivity contribution >= 4 is 24.0 Å². The molecule has 5 rings (SSSR count). The van der Waals surface area contributed by atoms with E-state index in [-0.39, 0.29) is 11.5 Å². The van der Waals surface area contributed by atoms with Crippen LogP contribution in [-0.4, -0.2) is 53.1 Å². The Bertz CT molecular complexity index is 1760. The maximum Gasteiger partial charge on any atom is 0.418 e. The van der Waals surface area contributed by atoms with Gasteiger partial charge in [-0.2, -0.15) is 18.2 Å². The van der Waals surface area contributed by atoms with Crippen LogP contribution in [0.1, 0.15) is 32.6 Å². The van der Waals surface area contributed by atoms with Crippen molar-refractivity contribution in [3.05, 3.63) is 137 Å². The largest absolute Gasteiger partial charge is 0.497 e. The molecule has 1 aliphatic rings. The number of carbonyl (C=O) groups excluding carboxylic acids is 1. The molecule has 4 aromatic rings. The fraction of sp³-hybridized carbons (Fsp3) is 0.171. The number of halogens is 3. The average molecular weight is 630 g/mol. The van der Waals surface area contributed by atoms with E-state index in [9.17, 15) is 27.9 Å². The van der Waals surface area contributed by atoms with E-state index in [1.54, 1.807) is 37.4 Å². The van der Waals surface area contributed by atoms with E-state index in [2.05, 4.69) is 4.99 Å². The SMILES string of the molecule is COc1ccc(/C=C2/C(Cc3ccc(OCc4ccccc4)cc3)N(C)C(=NC(=O)c3cccc(C(F)(F)F)c3)N2C(=O)O)cc1. The number of amides is 2. The van der Waals surface area contributed by atoms with Crippen LogP contribution in [0.25, 0.3) is 6.08 Å². The summed E-state index contributed by atoms with van der Waals surface area (Å²) in [7, 11) is 3.12. The molecule has 1 saturated heterocycles. The Morgan fingerprint density at radius 2 is 1.57 bits per heavy atom. The Kier molecular flexibility index (Phi) is 9.41. The molecule has 0 radical (unpaired) electrons. The van der Waals surface area contributed by atoms with Crippen LogP contribution in [0.2, 0.25) is 0 Å². The van der Waals surface area contributed by atoms with Crippen LogP contribution >= 0.6 is 0 Å². The highest BCUT2D eigenvalue weighted by molar-refractivity contribution is 6.08. The number of benzene rings is 4. The number of carboxylic acid groups (broad SMARTS) is 1. The quantitative estimate of drug-likeness (QED) is 0.219. The minimum absolute atomic E-state index is 0.234. The number of guanidine groups is 1. The zero-order valence-corrected chi connectivity index (χ0v) is 24.9. The van der Waals surface area contributed by atoms with Crippen molar-refractivity contribution in [3.8, 4) is 11.5 Å². The van der Waals surface area contributed by atoms with Crippen LogP contribution in [0.3, 0.4) is 0 Å². The van der Waals surface area contributed by atoms with Crippen LogP contribution in [-0.2, 0) is 19.2 Å². The van der Waals surface area contributed by atoms with E-state index < -0.39 is 29.8 Å². The van der Waals surface area contributed by atoms with Gasteiger partial charge in [-0.25, -0.2) is 9.69 Å². The third-order valence-corrected chi connectivity index (χ3v) is 7.44. The number of methoxy groups -OCH3 is 1. The zero-order valence-electron chi connectivity index (χ0n) is 24.9. The molecule has 1 N–H and O–H groups in total. The van der Waals surface area contributed by atoms with Crippen LogP contribution < -0.4 is 9.47 Å². The first-order valence-electron chi connectivity index (χ1n) is 14.2. The molecule has 0 bridgehead atoms. The van der Waals surface area contributed by atoms with Gasteiger partial charge in [0.1, 0.15) is 18.1 Å². The monoisotopic (exact) mass is 629 g/mol. The van der Waals surface area contributed by atoms with E-state index in [4.69, 9.17) is 9.47 Å². The third kappa shape index (κ3) is 7.37. The minimum atomic E-state index is -4.66. The van der Waals surface area contributed by atoms with Crippen molar-refractivity contribution in [1.29, 1.82) is 0 Å². The lowest BCUT2D eigenvalue weighted by Crippen LogP contribution is -2.36. The number of rotatable bonds is 8. The standard InChI is InChI=1S/C35H30F3N3O5/c1-40-30(19-23-13-17-29(18-14-23)46-22-25-7-4-3-5-8-25)31(20-24-11-15-28(45-2)16-12-24)41(34(43)44)33(40)39-32(42)26-9-6-10-27(21-26)35(36,37)38/h3-18,20-21,30H,19,22H2,1-2H3,(H,43,44)/b31-20-,39-33?. The maximum absolute atomic E-state index is 13.3. The molecule has 4 aromatic carbocycles. The summed E-state index contributed by atoms with van der Waals surface area (Å²) in [4.78, 5) is 32.3. The molecule has 11 heteroatoms. The lowest BCUT2D eigenvalue weighted by molar-refractivity contribution is -0.137. The fourth-order valence-corrected chi connectivity index (χ4v) is 5.03. The summed E-state index contributed by atoms with van der Waals surface area (Å²) in [6.45, 7) is 0.396. The number of ether oxygens (including phenoxy) is 2. The molecule has 2 amide bonds. The van der Waals surface area contributed by atoms with Gasteiger partial charge >= 0.3 is 12.3 Å². The Labute approximate surface area is 263 Å². The van der Waals surface area contributed by atoms with Gasteiger partial charge in [0.2, 0.25) is 5.96 Å². The highest BCUT2D eigenvalue weighted by Gasteiger charge is 2.42. The first-order valence-corrected chi connectivity index (χ1v) is 14.2. The number of hydrogen-bond acceptors (Lipinski definition) is 4. The molecular weight excluding hydrogens is 599 g/mol. The summed E-state index contributed by atoms with van der Waals surface area (Å²) < 4.78 is 51.1. The smallest absolute Gasteiger partial charge is 0.418 e. The minimum Gasteiger partial charge on any atom is -0.497 e. The molecule has 46 heavy (non-hydrogen) atoms. The summed E-state index contributed by atoms with van der Waals surface area (Å²) in [5.74, 6) is 0.0226. The van der Waals surface area contributed by atoms with Crippen molar-refractivity contribution in [3.63, 3.8) is 0 Å². The molecule has 236 valence electrons. The van der Waals surface area contributed by atoms with E-state index in [1.165, 1.54) is 18.1 Å². The molecule has 8 nitrogen and oxygen atoms in total. The van der Waals surface area contributed by atoms with Crippen molar-refractivity contribution < 1.29 is 37.3 Å². The molecule has 1 unspecified atom stereocenters. The molecule has 0 spiro atoms. The fourth-order valence-electron chi connectivity index (χ4n) is 5.03. The number of hydrogen-bond donors (Lipinski definition) is 1. The Hall–Kier alpha value is -5.58. The van der Waals surface area contributed by atoms with Gasteiger partial charge in [0, 0.05) is 12.6 Å². The Balaban J connectivity index is 1.48. The molecule has 1 fully saturated rings. The number of alkyl halides is 3. The van der Waals surface area contributed by atoms with Crippen molar-refractivity contribution in [2.45, 2.75) is 25.2 Å². The Morgan fingerprint density at radius 3 is 2.20 bits per heavy atom. The number of aliphatic imine (C=N–C) groups is 1. The van der Waals surface area contributed by atoms with Gasteiger partial charge in [0.05, 0.1) is 24.4 Å². The number of carbonyl (C=O) groups is 2. The van der Waals surface area contributed by atoms with Gasteiger partial charge in [0.25, 0.3) is 5.91 Å². The van der Waals surface area contributed by atoms with E-state index >= 15 is 0 Å². The second-order valence-electron chi connectivity index (χ2n) is 10.5. The van der Waals surface area contributed by atoms with Gasteiger partial charge in [0.15, 0.2) is 0 Å².